The van der Waals surface area contributed by atoms with Crippen molar-refractivity contribution in [1.29, 1.82) is 0 Å². The summed E-state index contributed by atoms with van der Waals surface area (Å²) < 4.78 is 0. The molecule has 0 atom stereocenters. The molecule has 1 rings (SSSR count). The molecule has 0 aliphatic heterocycles. The first-order valence-corrected chi connectivity index (χ1v) is 5.43. The third-order valence-electron chi connectivity index (χ3n) is 2.46. The molecular weight excluding hydrogens is 202 g/mol. The Hall–Kier alpha value is -1.39. The summed E-state index contributed by atoms with van der Waals surface area (Å²) in [5.74, 6) is -0.00903. The lowest BCUT2D eigenvalue weighted by Gasteiger charge is -2.14. The standard InChI is InChI=1S/C12H19N3O/c1-3-15(2)9-12(16)14-11-7-5-4-6-10(11)8-13/h4-7H,3,8-9,13H2,1-2H3,(H,14,16). The number of hydrogen-bond acceptors (Lipinski definition) is 3. The number of rotatable bonds is 5. The van der Waals surface area contributed by atoms with Gasteiger partial charge in [0.25, 0.3) is 0 Å². The Kier molecular flexibility index (Phi) is 4.95. The zero-order valence-corrected chi connectivity index (χ0v) is 9.86. The van der Waals surface area contributed by atoms with Gasteiger partial charge in [-0.05, 0) is 25.2 Å². The average molecular weight is 221 g/mol. The zero-order valence-electron chi connectivity index (χ0n) is 9.86. The number of carbonyl (C=O) groups excluding carboxylic acids is 1. The highest BCUT2D eigenvalue weighted by molar-refractivity contribution is 5.92. The van der Waals surface area contributed by atoms with Crippen molar-refractivity contribution in [2.45, 2.75) is 13.5 Å². The molecule has 1 aromatic rings. The van der Waals surface area contributed by atoms with E-state index in [1.54, 1.807) is 0 Å². The van der Waals surface area contributed by atoms with Gasteiger partial charge in [0.2, 0.25) is 5.91 Å². The summed E-state index contributed by atoms with van der Waals surface area (Å²) >= 11 is 0. The minimum absolute atomic E-state index is 0.00903. The predicted molar refractivity (Wildman–Crippen MR) is 66.1 cm³/mol. The second-order valence-corrected chi connectivity index (χ2v) is 3.74. The summed E-state index contributed by atoms with van der Waals surface area (Å²) in [6.07, 6.45) is 0. The number of anilines is 1. The van der Waals surface area contributed by atoms with Crippen LogP contribution in [0.4, 0.5) is 5.69 Å². The molecular formula is C12H19N3O. The Bertz CT molecular complexity index is 352. The van der Waals surface area contributed by atoms with E-state index in [4.69, 9.17) is 5.73 Å². The highest BCUT2D eigenvalue weighted by Gasteiger charge is 2.07. The summed E-state index contributed by atoms with van der Waals surface area (Å²) in [4.78, 5) is 13.6. The van der Waals surface area contributed by atoms with Gasteiger partial charge >= 0.3 is 0 Å². The lowest BCUT2D eigenvalue weighted by Crippen LogP contribution is -2.30. The van der Waals surface area contributed by atoms with E-state index in [2.05, 4.69) is 5.32 Å². The monoisotopic (exact) mass is 221 g/mol. The lowest BCUT2D eigenvalue weighted by molar-refractivity contribution is -0.117. The molecule has 88 valence electrons. The van der Waals surface area contributed by atoms with Gasteiger partial charge in [-0.15, -0.1) is 0 Å². The quantitative estimate of drug-likeness (QED) is 0.781. The molecule has 1 aromatic carbocycles. The Morgan fingerprint density at radius 3 is 2.75 bits per heavy atom. The highest BCUT2D eigenvalue weighted by atomic mass is 16.2. The molecule has 0 radical (unpaired) electrons. The molecule has 0 aliphatic rings. The normalized spacial score (nSPS) is 10.5. The van der Waals surface area contributed by atoms with E-state index in [0.717, 1.165) is 17.8 Å². The predicted octanol–water partition coefficient (Wildman–Crippen LogP) is 1.04. The van der Waals surface area contributed by atoms with E-state index >= 15 is 0 Å². The van der Waals surface area contributed by atoms with Crippen molar-refractivity contribution in [3.63, 3.8) is 0 Å². The fourth-order valence-corrected chi connectivity index (χ4v) is 1.37. The van der Waals surface area contributed by atoms with Gasteiger partial charge in [-0.25, -0.2) is 0 Å². The Morgan fingerprint density at radius 1 is 1.44 bits per heavy atom. The van der Waals surface area contributed by atoms with E-state index in [-0.39, 0.29) is 5.91 Å². The summed E-state index contributed by atoms with van der Waals surface area (Å²) in [6, 6.07) is 7.58. The van der Waals surface area contributed by atoms with Crippen LogP contribution in [-0.4, -0.2) is 30.9 Å². The maximum Gasteiger partial charge on any atom is 0.238 e. The van der Waals surface area contributed by atoms with Gasteiger partial charge in [0, 0.05) is 12.2 Å². The van der Waals surface area contributed by atoms with E-state index < -0.39 is 0 Å². The molecule has 4 heteroatoms. The lowest BCUT2D eigenvalue weighted by atomic mass is 10.2. The number of para-hydroxylation sites is 1. The maximum absolute atomic E-state index is 11.7. The first-order chi connectivity index (χ1) is 7.67. The van der Waals surface area contributed by atoms with Gasteiger partial charge < -0.3 is 11.1 Å². The van der Waals surface area contributed by atoms with E-state index in [9.17, 15) is 4.79 Å². The topological polar surface area (TPSA) is 58.4 Å². The molecule has 1 amide bonds. The van der Waals surface area contributed by atoms with Gasteiger partial charge in [0.05, 0.1) is 6.54 Å². The summed E-state index contributed by atoms with van der Waals surface area (Å²) in [5.41, 5.74) is 7.35. The minimum atomic E-state index is -0.00903. The first kappa shape index (κ1) is 12.7. The molecule has 0 heterocycles. The molecule has 0 aliphatic carbocycles. The van der Waals surface area contributed by atoms with Crippen molar-refractivity contribution in [2.24, 2.45) is 5.73 Å². The number of nitrogens with zero attached hydrogens (tertiary/aromatic N) is 1. The molecule has 0 aromatic heterocycles. The third kappa shape index (κ3) is 3.64. The van der Waals surface area contributed by atoms with Crippen molar-refractivity contribution in [3.05, 3.63) is 29.8 Å². The number of amides is 1. The summed E-state index contributed by atoms with van der Waals surface area (Å²) in [7, 11) is 1.91. The van der Waals surface area contributed by atoms with Crippen LogP contribution in [0.15, 0.2) is 24.3 Å². The number of nitrogens with two attached hydrogens (primary N) is 1. The Labute approximate surface area is 96.4 Å². The number of carbonyl (C=O) groups is 1. The average Bonchev–Trinajstić information content (AvgIpc) is 2.29. The van der Waals surface area contributed by atoms with Crippen LogP contribution in [0.5, 0.6) is 0 Å². The highest BCUT2D eigenvalue weighted by Crippen LogP contribution is 2.13. The van der Waals surface area contributed by atoms with Gasteiger partial charge in [-0.3, -0.25) is 9.69 Å². The molecule has 0 spiro atoms. The van der Waals surface area contributed by atoms with Crippen LogP contribution in [0, 0.1) is 0 Å². The Balaban J connectivity index is 2.62. The van der Waals surface area contributed by atoms with E-state index in [1.165, 1.54) is 0 Å². The molecule has 16 heavy (non-hydrogen) atoms. The van der Waals surface area contributed by atoms with Crippen LogP contribution in [0.2, 0.25) is 0 Å². The minimum Gasteiger partial charge on any atom is -0.326 e. The fourth-order valence-electron chi connectivity index (χ4n) is 1.37. The van der Waals surface area contributed by atoms with Crippen molar-refractivity contribution >= 4 is 11.6 Å². The maximum atomic E-state index is 11.7. The molecule has 0 fully saturated rings. The molecule has 0 unspecified atom stereocenters. The van der Waals surface area contributed by atoms with Crippen LogP contribution in [0.25, 0.3) is 0 Å². The van der Waals surface area contributed by atoms with Crippen molar-refractivity contribution in [3.8, 4) is 0 Å². The van der Waals surface area contributed by atoms with Crippen LogP contribution >= 0.6 is 0 Å². The summed E-state index contributed by atoms with van der Waals surface area (Å²) in [5, 5.41) is 2.87. The van der Waals surface area contributed by atoms with E-state index in [1.807, 2.05) is 43.1 Å². The summed E-state index contributed by atoms with van der Waals surface area (Å²) in [6.45, 7) is 3.70. The number of nitrogens with one attached hydrogen (secondary N) is 1. The molecule has 0 bridgehead atoms. The molecule has 0 saturated heterocycles. The SMILES string of the molecule is CCN(C)CC(=O)Nc1ccccc1CN. The Morgan fingerprint density at radius 2 is 2.12 bits per heavy atom. The van der Waals surface area contributed by atoms with Gasteiger partial charge in [0.1, 0.15) is 0 Å². The molecule has 4 nitrogen and oxygen atoms in total. The van der Waals surface area contributed by atoms with Crippen LogP contribution < -0.4 is 11.1 Å². The van der Waals surface area contributed by atoms with Crippen LogP contribution in [-0.2, 0) is 11.3 Å². The van der Waals surface area contributed by atoms with Crippen molar-refractivity contribution in [1.82, 2.24) is 4.90 Å². The third-order valence-corrected chi connectivity index (χ3v) is 2.46. The molecule has 3 N–H and O–H groups in total. The van der Waals surface area contributed by atoms with Gasteiger partial charge in [-0.1, -0.05) is 25.1 Å². The van der Waals surface area contributed by atoms with E-state index in [0.29, 0.717) is 13.1 Å². The fraction of sp³-hybridized carbons (Fsp3) is 0.417. The zero-order chi connectivity index (χ0) is 12.0. The molecule has 0 saturated carbocycles. The largest absolute Gasteiger partial charge is 0.326 e. The van der Waals surface area contributed by atoms with Crippen LogP contribution in [0.3, 0.4) is 0 Å². The second kappa shape index (κ2) is 6.25. The second-order valence-electron chi connectivity index (χ2n) is 3.74. The number of hydrogen-bond donors (Lipinski definition) is 2. The van der Waals surface area contributed by atoms with Crippen molar-refractivity contribution in [2.75, 3.05) is 25.5 Å². The smallest absolute Gasteiger partial charge is 0.238 e. The number of benzene rings is 1. The van der Waals surface area contributed by atoms with Gasteiger partial charge in [-0.2, -0.15) is 0 Å². The number of likely N-dealkylation sites (N-methyl/N-ethyl adjacent to an activating group) is 1. The van der Waals surface area contributed by atoms with Crippen molar-refractivity contribution < 1.29 is 4.79 Å². The van der Waals surface area contributed by atoms with Crippen LogP contribution in [0.1, 0.15) is 12.5 Å². The van der Waals surface area contributed by atoms with Gasteiger partial charge in [0.15, 0.2) is 0 Å². The first-order valence-electron chi connectivity index (χ1n) is 5.43.